The van der Waals surface area contributed by atoms with Gasteiger partial charge in [0.1, 0.15) is 11.6 Å². The van der Waals surface area contributed by atoms with E-state index in [1.807, 2.05) is 0 Å². The molecule has 0 atom stereocenters. The third-order valence-corrected chi connectivity index (χ3v) is 2.80. The van der Waals surface area contributed by atoms with Crippen molar-refractivity contribution in [1.29, 1.82) is 0 Å². The van der Waals surface area contributed by atoms with Gasteiger partial charge in [-0.25, -0.2) is 8.78 Å². The second kappa shape index (κ2) is 5.17. The molecule has 4 nitrogen and oxygen atoms in total. The molecule has 100 valence electrons. The van der Waals surface area contributed by atoms with Crippen molar-refractivity contribution in [2.24, 2.45) is 0 Å². The van der Waals surface area contributed by atoms with E-state index in [-0.39, 0.29) is 18.4 Å². The van der Waals surface area contributed by atoms with E-state index in [2.05, 4.69) is 10.2 Å². The van der Waals surface area contributed by atoms with Gasteiger partial charge in [-0.05, 0) is 19.1 Å². The molecular formula is C13H12F2N2O2. The molecule has 0 aliphatic rings. The minimum absolute atomic E-state index is 0.0971. The average Bonchev–Trinajstić information content (AvgIpc) is 2.68. The van der Waals surface area contributed by atoms with Gasteiger partial charge in [0.2, 0.25) is 0 Å². The number of rotatable bonds is 4. The number of carboxylic acids is 1. The van der Waals surface area contributed by atoms with E-state index in [1.165, 1.54) is 6.07 Å². The van der Waals surface area contributed by atoms with E-state index < -0.39 is 17.6 Å². The third-order valence-electron chi connectivity index (χ3n) is 2.80. The number of nitrogens with zero attached hydrogens (tertiary/aromatic N) is 1. The monoisotopic (exact) mass is 266 g/mol. The smallest absolute Gasteiger partial charge is 0.303 e. The lowest BCUT2D eigenvalue weighted by molar-refractivity contribution is -0.136. The largest absolute Gasteiger partial charge is 0.481 e. The second-order valence-electron chi connectivity index (χ2n) is 4.19. The topological polar surface area (TPSA) is 66.0 Å². The second-order valence-corrected chi connectivity index (χ2v) is 4.19. The van der Waals surface area contributed by atoms with E-state index >= 15 is 0 Å². The Morgan fingerprint density at radius 3 is 2.79 bits per heavy atom. The molecule has 19 heavy (non-hydrogen) atoms. The van der Waals surface area contributed by atoms with Crippen LogP contribution in [0.2, 0.25) is 0 Å². The average molecular weight is 266 g/mol. The Labute approximate surface area is 108 Å². The number of hydrogen-bond acceptors (Lipinski definition) is 2. The molecule has 0 spiro atoms. The van der Waals surface area contributed by atoms with Gasteiger partial charge in [0, 0.05) is 29.3 Å². The molecule has 0 saturated carbocycles. The molecule has 2 N–H and O–H groups in total. The minimum atomic E-state index is -0.953. The molecule has 0 saturated heterocycles. The van der Waals surface area contributed by atoms with Crippen LogP contribution in [0.4, 0.5) is 8.78 Å². The van der Waals surface area contributed by atoms with Gasteiger partial charge in [-0.3, -0.25) is 9.89 Å². The van der Waals surface area contributed by atoms with Crippen molar-refractivity contribution in [1.82, 2.24) is 10.2 Å². The quantitative estimate of drug-likeness (QED) is 0.894. The van der Waals surface area contributed by atoms with Crippen molar-refractivity contribution in [3.63, 3.8) is 0 Å². The van der Waals surface area contributed by atoms with Crippen LogP contribution in [0.25, 0.3) is 11.1 Å². The Balaban J connectivity index is 2.43. The van der Waals surface area contributed by atoms with Crippen molar-refractivity contribution >= 4 is 5.97 Å². The molecule has 0 amide bonds. The number of halogens is 2. The molecule has 1 heterocycles. The Kier molecular flexibility index (Phi) is 3.59. The normalized spacial score (nSPS) is 10.7. The van der Waals surface area contributed by atoms with E-state index in [0.717, 1.165) is 12.1 Å². The van der Waals surface area contributed by atoms with Gasteiger partial charge < -0.3 is 5.11 Å². The first kappa shape index (κ1) is 13.2. The van der Waals surface area contributed by atoms with Crippen LogP contribution >= 0.6 is 0 Å². The van der Waals surface area contributed by atoms with Gasteiger partial charge in [-0.15, -0.1) is 0 Å². The van der Waals surface area contributed by atoms with Crippen LogP contribution in [-0.4, -0.2) is 21.3 Å². The number of carbonyl (C=O) groups is 1. The third kappa shape index (κ3) is 2.78. The molecule has 1 aromatic carbocycles. The fraction of sp³-hybridized carbons (Fsp3) is 0.231. The zero-order valence-electron chi connectivity index (χ0n) is 10.2. The van der Waals surface area contributed by atoms with E-state index in [4.69, 9.17) is 5.11 Å². The fourth-order valence-electron chi connectivity index (χ4n) is 1.94. The van der Waals surface area contributed by atoms with Gasteiger partial charge in [-0.2, -0.15) is 5.10 Å². The molecule has 6 heteroatoms. The maximum atomic E-state index is 13.8. The molecule has 0 fully saturated rings. The summed E-state index contributed by atoms with van der Waals surface area (Å²) in [6.45, 7) is 1.70. The number of carboxylic acid groups (broad SMARTS) is 1. The predicted octanol–water partition coefficient (Wildman–Crippen LogP) is 2.68. The van der Waals surface area contributed by atoms with Gasteiger partial charge in [0.25, 0.3) is 0 Å². The van der Waals surface area contributed by atoms with Crippen molar-refractivity contribution in [3.05, 3.63) is 41.2 Å². The van der Waals surface area contributed by atoms with Crippen LogP contribution in [0.3, 0.4) is 0 Å². The number of aryl methyl sites for hydroxylation is 2. The molecule has 0 bridgehead atoms. The van der Waals surface area contributed by atoms with E-state index in [1.54, 1.807) is 6.92 Å². The first-order chi connectivity index (χ1) is 8.99. The molecule has 0 aliphatic carbocycles. The Hall–Kier alpha value is -2.24. The Bertz CT molecular complexity index is 623. The first-order valence-corrected chi connectivity index (χ1v) is 5.70. The van der Waals surface area contributed by atoms with Crippen LogP contribution in [0.1, 0.15) is 17.8 Å². The summed E-state index contributed by atoms with van der Waals surface area (Å²) in [5.74, 6) is -2.30. The zero-order valence-corrected chi connectivity index (χ0v) is 10.2. The highest BCUT2D eigenvalue weighted by molar-refractivity contribution is 5.71. The van der Waals surface area contributed by atoms with Gasteiger partial charge in [0.15, 0.2) is 0 Å². The van der Waals surface area contributed by atoms with Crippen molar-refractivity contribution < 1.29 is 18.7 Å². The van der Waals surface area contributed by atoms with Crippen LogP contribution in [-0.2, 0) is 11.2 Å². The van der Waals surface area contributed by atoms with Crippen LogP contribution in [0, 0.1) is 18.6 Å². The summed E-state index contributed by atoms with van der Waals surface area (Å²) in [4.78, 5) is 10.6. The summed E-state index contributed by atoms with van der Waals surface area (Å²) in [5.41, 5.74) is 1.79. The fourth-order valence-corrected chi connectivity index (χ4v) is 1.94. The Morgan fingerprint density at radius 2 is 2.16 bits per heavy atom. The highest BCUT2D eigenvalue weighted by atomic mass is 19.1. The van der Waals surface area contributed by atoms with Gasteiger partial charge >= 0.3 is 5.97 Å². The molecule has 1 aromatic heterocycles. The molecule has 0 aliphatic heterocycles. The number of aromatic amines is 1. The lowest BCUT2D eigenvalue weighted by Gasteiger charge is -2.05. The first-order valence-electron chi connectivity index (χ1n) is 5.70. The maximum Gasteiger partial charge on any atom is 0.303 e. The lowest BCUT2D eigenvalue weighted by Crippen LogP contribution is -1.99. The molecule has 0 unspecified atom stereocenters. The summed E-state index contributed by atoms with van der Waals surface area (Å²) in [6.07, 6.45) is 0.0892. The maximum absolute atomic E-state index is 13.8. The summed E-state index contributed by atoms with van der Waals surface area (Å²) >= 11 is 0. The van der Waals surface area contributed by atoms with Gasteiger partial charge in [-0.1, -0.05) is 0 Å². The van der Waals surface area contributed by atoms with E-state index in [0.29, 0.717) is 17.0 Å². The number of benzene rings is 1. The summed E-state index contributed by atoms with van der Waals surface area (Å²) in [7, 11) is 0. The number of H-pyrrole nitrogens is 1. The zero-order chi connectivity index (χ0) is 14.0. The van der Waals surface area contributed by atoms with Crippen molar-refractivity contribution in [2.45, 2.75) is 19.8 Å². The lowest BCUT2D eigenvalue weighted by atomic mass is 10.0. The van der Waals surface area contributed by atoms with Crippen LogP contribution in [0.15, 0.2) is 18.2 Å². The van der Waals surface area contributed by atoms with Crippen molar-refractivity contribution in [3.8, 4) is 11.1 Å². The minimum Gasteiger partial charge on any atom is -0.481 e. The summed E-state index contributed by atoms with van der Waals surface area (Å²) < 4.78 is 26.7. The van der Waals surface area contributed by atoms with Gasteiger partial charge in [0.05, 0.1) is 12.1 Å². The molecule has 0 radical (unpaired) electrons. The summed E-state index contributed by atoms with van der Waals surface area (Å²) in [6, 6.07) is 3.28. The van der Waals surface area contributed by atoms with Crippen LogP contribution in [0.5, 0.6) is 0 Å². The van der Waals surface area contributed by atoms with Crippen molar-refractivity contribution in [2.75, 3.05) is 0 Å². The Morgan fingerprint density at radius 1 is 1.42 bits per heavy atom. The molecular weight excluding hydrogens is 254 g/mol. The molecule has 2 rings (SSSR count). The van der Waals surface area contributed by atoms with E-state index in [9.17, 15) is 13.6 Å². The standard InChI is InChI=1S/C13H12F2N2O2/c1-7-13(9-3-2-8(14)6-10(9)15)11(17-16-7)4-5-12(18)19/h2-3,6H,4-5H2,1H3,(H,16,17)(H,18,19). The summed E-state index contributed by atoms with van der Waals surface area (Å²) in [5, 5.41) is 15.3. The number of aliphatic carboxylic acids is 1. The number of nitrogens with one attached hydrogen (secondary N) is 1. The highest BCUT2D eigenvalue weighted by Gasteiger charge is 2.17. The van der Waals surface area contributed by atoms with Crippen LogP contribution < -0.4 is 0 Å². The predicted molar refractivity (Wildman–Crippen MR) is 64.6 cm³/mol. The number of hydrogen-bond donors (Lipinski definition) is 2. The SMILES string of the molecule is Cc1[nH]nc(CCC(=O)O)c1-c1ccc(F)cc1F. The number of aromatic nitrogens is 2. The molecule has 2 aromatic rings. The highest BCUT2D eigenvalue weighted by Crippen LogP contribution is 2.29.